The van der Waals surface area contributed by atoms with Crippen molar-refractivity contribution in [3.8, 4) is 0 Å². The Morgan fingerprint density at radius 1 is 1.09 bits per heavy atom. The van der Waals surface area contributed by atoms with Gasteiger partial charge in [0.25, 0.3) is 0 Å². The minimum atomic E-state index is -0.511. The topological polar surface area (TPSA) is 58.1 Å². The highest BCUT2D eigenvalue weighted by Crippen LogP contribution is 2.32. The van der Waals surface area contributed by atoms with Crippen molar-refractivity contribution < 1.29 is 4.79 Å². The Morgan fingerprint density at radius 2 is 1.76 bits per heavy atom. The number of nitrogens with zero attached hydrogens (tertiary/aromatic N) is 3. The third-order valence-corrected chi connectivity index (χ3v) is 7.13. The molecule has 0 saturated heterocycles. The molecule has 180 valence electrons. The quantitative estimate of drug-likeness (QED) is 0.263. The van der Waals surface area contributed by atoms with Crippen molar-refractivity contribution >= 4 is 45.9 Å². The summed E-state index contributed by atoms with van der Waals surface area (Å²) in [5.74, 6) is 1.75. The van der Waals surface area contributed by atoms with E-state index in [9.17, 15) is 4.79 Å². The molecule has 0 fully saturated rings. The monoisotopic (exact) mass is 590 g/mol. The highest BCUT2D eigenvalue weighted by atomic mass is 127. The van der Waals surface area contributed by atoms with Crippen LogP contribution in [0.1, 0.15) is 68.2 Å². The van der Waals surface area contributed by atoms with E-state index in [1.54, 1.807) is 0 Å². The molecule has 0 aliphatic rings. The first-order valence-corrected chi connectivity index (χ1v) is 13.1. The van der Waals surface area contributed by atoms with Crippen molar-refractivity contribution in [3.05, 3.63) is 85.8 Å². The number of anilines is 1. The predicted molar refractivity (Wildman–Crippen MR) is 148 cm³/mol. The number of nitrogens with one attached hydrogen (secondary N) is 1. The second-order valence-electron chi connectivity index (χ2n) is 8.66. The van der Waals surface area contributed by atoms with Gasteiger partial charge < -0.3 is 10.2 Å². The number of carbonyl (C=O) groups excluding carboxylic acids is 1. The number of carbonyl (C=O) groups is 1. The molecule has 1 amide bonds. The van der Waals surface area contributed by atoms with Crippen molar-refractivity contribution in [2.75, 3.05) is 11.4 Å². The van der Waals surface area contributed by atoms with Gasteiger partial charge in [-0.3, -0.25) is 4.79 Å². The van der Waals surface area contributed by atoms with Crippen LogP contribution in [0.25, 0.3) is 0 Å². The normalized spacial score (nSPS) is 12.0. The molecule has 3 aromatic rings. The minimum Gasteiger partial charge on any atom is -0.350 e. The van der Waals surface area contributed by atoms with Gasteiger partial charge in [0.1, 0.15) is 17.7 Å². The Morgan fingerprint density at radius 3 is 2.38 bits per heavy atom. The summed E-state index contributed by atoms with van der Waals surface area (Å²) in [6.45, 7) is 9.50. The molecule has 3 rings (SSSR count). The third kappa shape index (κ3) is 6.69. The average Bonchev–Trinajstić information content (AvgIpc) is 2.83. The van der Waals surface area contributed by atoms with Crippen LogP contribution in [0.3, 0.4) is 0 Å². The van der Waals surface area contributed by atoms with Crippen molar-refractivity contribution in [1.29, 1.82) is 0 Å². The fourth-order valence-electron chi connectivity index (χ4n) is 3.70. The Bertz CT molecular complexity index is 1090. The number of amides is 1. The van der Waals surface area contributed by atoms with Gasteiger partial charge in [0.15, 0.2) is 0 Å². The molecule has 0 aliphatic carbocycles. The largest absolute Gasteiger partial charge is 0.350 e. The van der Waals surface area contributed by atoms with Crippen LogP contribution in [0.2, 0.25) is 5.02 Å². The molecule has 0 spiro atoms. The standard InChI is InChI=1S/C27H32ClIN4O/c1-5-6-16-33(26-23(29)19(4)31-25(32-26)18(2)3)24(21-10-8-7-9-11-21)27(34)30-17-20-12-14-22(28)15-13-20/h7-15,18,24H,5-6,16-17H2,1-4H3,(H,30,34). The van der Waals surface area contributed by atoms with E-state index in [2.05, 4.69) is 53.6 Å². The summed E-state index contributed by atoms with van der Waals surface area (Å²) in [7, 11) is 0. The maximum Gasteiger partial charge on any atom is 0.247 e. The first kappa shape index (κ1) is 26.4. The second kappa shape index (κ2) is 12.5. The highest BCUT2D eigenvalue weighted by molar-refractivity contribution is 14.1. The maximum atomic E-state index is 13.8. The van der Waals surface area contributed by atoms with Crippen molar-refractivity contribution in [1.82, 2.24) is 15.3 Å². The molecule has 1 atom stereocenters. The highest BCUT2D eigenvalue weighted by Gasteiger charge is 2.31. The number of benzene rings is 2. The lowest BCUT2D eigenvalue weighted by Gasteiger charge is -2.33. The van der Waals surface area contributed by atoms with Crippen molar-refractivity contribution in [2.45, 2.75) is 59.0 Å². The third-order valence-electron chi connectivity index (χ3n) is 5.61. The predicted octanol–water partition coefficient (Wildman–Crippen LogP) is 6.83. The molecule has 0 bridgehead atoms. The zero-order valence-corrected chi connectivity index (χ0v) is 23.1. The lowest BCUT2D eigenvalue weighted by Crippen LogP contribution is -2.42. The van der Waals surface area contributed by atoms with Crippen LogP contribution in [0.5, 0.6) is 0 Å². The molecule has 2 aromatic carbocycles. The maximum absolute atomic E-state index is 13.8. The lowest BCUT2D eigenvalue weighted by atomic mass is 10.0. The molecule has 1 aromatic heterocycles. The smallest absolute Gasteiger partial charge is 0.247 e. The van der Waals surface area contributed by atoms with Gasteiger partial charge in [-0.05, 0) is 59.2 Å². The summed E-state index contributed by atoms with van der Waals surface area (Å²) in [5.41, 5.74) is 2.87. The first-order valence-electron chi connectivity index (χ1n) is 11.7. The number of hydrogen-bond donors (Lipinski definition) is 1. The van der Waals surface area contributed by atoms with Crippen molar-refractivity contribution in [2.24, 2.45) is 0 Å². The van der Waals surface area contributed by atoms with Gasteiger partial charge in [-0.1, -0.05) is 81.3 Å². The molecule has 0 aliphatic heterocycles. The van der Waals surface area contributed by atoms with E-state index >= 15 is 0 Å². The van der Waals surface area contributed by atoms with Crippen LogP contribution >= 0.6 is 34.2 Å². The SMILES string of the molecule is CCCCN(c1nc(C(C)C)nc(C)c1I)C(C(=O)NCc1ccc(Cl)cc1)c1ccccc1. The Kier molecular flexibility index (Phi) is 9.71. The average molecular weight is 591 g/mol. The summed E-state index contributed by atoms with van der Waals surface area (Å²) in [5, 5.41) is 3.82. The fourth-order valence-corrected chi connectivity index (χ4v) is 4.37. The molecule has 1 heterocycles. The lowest BCUT2D eigenvalue weighted by molar-refractivity contribution is -0.122. The van der Waals surface area contributed by atoms with E-state index < -0.39 is 6.04 Å². The van der Waals surface area contributed by atoms with Gasteiger partial charge >= 0.3 is 0 Å². The van der Waals surface area contributed by atoms with Gasteiger partial charge in [0.05, 0.1) is 9.26 Å². The molecular formula is C27H32ClIN4O. The Hall–Kier alpha value is -2.19. The van der Waals surface area contributed by atoms with Crippen LogP contribution in [-0.4, -0.2) is 22.4 Å². The zero-order valence-electron chi connectivity index (χ0n) is 20.2. The molecule has 5 nitrogen and oxygen atoms in total. The number of aromatic nitrogens is 2. The Labute approximate surface area is 221 Å². The van der Waals surface area contributed by atoms with E-state index in [0.29, 0.717) is 18.1 Å². The molecule has 34 heavy (non-hydrogen) atoms. The van der Waals surface area contributed by atoms with E-state index in [4.69, 9.17) is 21.6 Å². The zero-order chi connectivity index (χ0) is 24.7. The van der Waals surface area contributed by atoms with Crippen molar-refractivity contribution in [3.63, 3.8) is 0 Å². The van der Waals surface area contributed by atoms with Crippen LogP contribution in [0.4, 0.5) is 5.82 Å². The van der Waals surface area contributed by atoms with Gasteiger partial charge in [0.2, 0.25) is 5.91 Å². The van der Waals surface area contributed by atoms with Crippen LogP contribution < -0.4 is 10.2 Å². The van der Waals surface area contributed by atoms with E-state index in [1.807, 2.05) is 61.5 Å². The second-order valence-corrected chi connectivity index (χ2v) is 10.2. The summed E-state index contributed by atoms with van der Waals surface area (Å²) >= 11 is 8.33. The number of hydrogen-bond acceptors (Lipinski definition) is 4. The summed E-state index contributed by atoms with van der Waals surface area (Å²) in [6.07, 6.45) is 1.96. The number of unbranched alkanes of at least 4 members (excludes halogenated alkanes) is 1. The van der Waals surface area contributed by atoms with Crippen LogP contribution in [-0.2, 0) is 11.3 Å². The first-order chi connectivity index (χ1) is 16.3. The number of aryl methyl sites for hydroxylation is 1. The van der Waals surface area contributed by atoms with Gasteiger partial charge in [-0.15, -0.1) is 0 Å². The molecule has 0 radical (unpaired) electrons. The number of halogens is 2. The van der Waals surface area contributed by atoms with E-state index in [0.717, 1.165) is 44.9 Å². The van der Waals surface area contributed by atoms with Gasteiger partial charge in [-0.25, -0.2) is 9.97 Å². The Balaban J connectivity index is 2.03. The molecule has 1 unspecified atom stereocenters. The van der Waals surface area contributed by atoms with Crippen LogP contribution in [0, 0.1) is 10.5 Å². The fraction of sp³-hybridized carbons (Fsp3) is 0.370. The number of rotatable bonds is 10. The summed E-state index contributed by atoms with van der Waals surface area (Å²) in [6, 6.07) is 17.0. The van der Waals surface area contributed by atoms with Gasteiger partial charge in [0, 0.05) is 24.0 Å². The minimum absolute atomic E-state index is 0.0598. The van der Waals surface area contributed by atoms with E-state index in [1.165, 1.54) is 0 Å². The molecule has 1 N–H and O–H groups in total. The van der Waals surface area contributed by atoms with Crippen LogP contribution in [0.15, 0.2) is 54.6 Å². The van der Waals surface area contributed by atoms with E-state index in [-0.39, 0.29) is 11.8 Å². The molecule has 0 saturated carbocycles. The summed E-state index contributed by atoms with van der Waals surface area (Å²) in [4.78, 5) is 25.6. The molecule has 7 heteroatoms. The summed E-state index contributed by atoms with van der Waals surface area (Å²) < 4.78 is 0.976. The molecular weight excluding hydrogens is 559 g/mol. The van der Waals surface area contributed by atoms with Gasteiger partial charge in [-0.2, -0.15) is 0 Å².